The summed E-state index contributed by atoms with van der Waals surface area (Å²) in [6, 6.07) is 12.7. The Kier molecular flexibility index (Phi) is 7.69. The van der Waals surface area contributed by atoms with E-state index in [1.807, 2.05) is 10.9 Å². The van der Waals surface area contributed by atoms with Gasteiger partial charge in [0.1, 0.15) is 5.82 Å². The van der Waals surface area contributed by atoms with Gasteiger partial charge in [-0.1, -0.05) is 30.7 Å². The zero-order valence-electron chi connectivity index (χ0n) is 22.9. The molecule has 1 fully saturated rings. The average Bonchev–Trinajstić information content (AvgIpc) is 3.46. The monoisotopic (exact) mass is 567 g/mol. The van der Waals surface area contributed by atoms with Crippen LogP contribution in [0.15, 0.2) is 60.3 Å². The predicted molar refractivity (Wildman–Crippen MR) is 150 cm³/mol. The van der Waals surface area contributed by atoms with Gasteiger partial charge in [0.2, 0.25) is 10.0 Å². The number of carbonyl (C=O) groups is 1. The van der Waals surface area contributed by atoms with Gasteiger partial charge in [0, 0.05) is 13.1 Å². The number of aliphatic hydroxyl groups is 1. The average molecular weight is 568 g/mol. The number of fused-ring (bicyclic) bond motifs is 2. The number of benzene rings is 2. The highest BCUT2D eigenvalue weighted by atomic mass is 32.2. The number of aliphatic hydroxyl groups excluding tert-OH is 1. The number of carbonyl (C=O) groups excluding carboxylic acids is 1. The fourth-order valence-electron chi connectivity index (χ4n) is 6.10. The highest BCUT2D eigenvalue weighted by Crippen LogP contribution is 2.53. The van der Waals surface area contributed by atoms with Gasteiger partial charge in [0.15, 0.2) is 0 Å². The molecule has 0 spiro atoms. The van der Waals surface area contributed by atoms with E-state index in [4.69, 9.17) is 4.74 Å². The molecule has 1 aromatic heterocycles. The van der Waals surface area contributed by atoms with Gasteiger partial charge in [0.05, 0.1) is 42.1 Å². The van der Waals surface area contributed by atoms with Gasteiger partial charge in [-0.2, -0.15) is 9.40 Å². The van der Waals surface area contributed by atoms with Crippen molar-refractivity contribution in [2.45, 2.75) is 45.0 Å². The summed E-state index contributed by atoms with van der Waals surface area (Å²) in [5.74, 6) is -1.25. The number of esters is 1. The number of rotatable bonds is 9. The summed E-state index contributed by atoms with van der Waals surface area (Å²) in [7, 11) is -2.62. The normalized spacial score (nSPS) is 21.1. The molecule has 0 aliphatic heterocycles. The summed E-state index contributed by atoms with van der Waals surface area (Å²) >= 11 is 0. The molecule has 2 aliphatic carbocycles. The summed E-state index contributed by atoms with van der Waals surface area (Å²) in [4.78, 5) is 12.3. The number of allylic oxidation sites excluding steroid dienone is 1. The van der Waals surface area contributed by atoms with Crippen LogP contribution in [0.25, 0.3) is 11.8 Å². The van der Waals surface area contributed by atoms with Gasteiger partial charge in [-0.3, -0.25) is 0 Å². The Labute approximate surface area is 234 Å². The van der Waals surface area contributed by atoms with Gasteiger partial charge in [-0.05, 0) is 85.1 Å². The Balaban J connectivity index is 1.41. The lowest BCUT2D eigenvalue weighted by molar-refractivity contribution is 0.0599. The molecule has 1 heterocycles. The van der Waals surface area contributed by atoms with Gasteiger partial charge in [-0.15, -0.1) is 0 Å². The standard InChI is InChI=1S/C30H34FN3O5S/c1-20(35)17-33(40(37,38)19-21-6-4-5-7-27(21)29(36)39-3)18-24-9-8-23-14-28-22(15-30(23,24)2)16-32-34(28)26-12-10-25(31)11-13-26/h4-7,10-14,16,20,24,35H,8-9,15,17-19H2,1-3H3/t20-,24-,30+/m1/s1. The van der Waals surface area contributed by atoms with Crippen molar-refractivity contribution in [3.8, 4) is 5.69 Å². The van der Waals surface area contributed by atoms with Crippen molar-refractivity contribution >= 4 is 22.1 Å². The molecule has 0 bridgehead atoms. The predicted octanol–water partition coefficient (Wildman–Crippen LogP) is 4.37. The van der Waals surface area contributed by atoms with Gasteiger partial charge < -0.3 is 9.84 Å². The van der Waals surface area contributed by atoms with Crippen molar-refractivity contribution in [3.05, 3.63) is 88.5 Å². The Morgan fingerprint density at radius 1 is 1.25 bits per heavy atom. The minimum absolute atomic E-state index is 0.0189. The maximum absolute atomic E-state index is 13.7. The molecule has 1 N–H and O–H groups in total. The minimum atomic E-state index is -3.88. The SMILES string of the molecule is COC(=O)c1ccccc1CS(=O)(=O)N(C[C@H]1CCC2=Cc3c(cnn3-c3ccc(F)cc3)C[C@@]21C)C[C@@H](C)O. The molecule has 0 amide bonds. The summed E-state index contributed by atoms with van der Waals surface area (Å²) in [5, 5.41) is 14.8. The topological polar surface area (TPSA) is 102 Å². The van der Waals surface area contributed by atoms with Crippen LogP contribution >= 0.6 is 0 Å². The van der Waals surface area contributed by atoms with Gasteiger partial charge in [0.25, 0.3) is 0 Å². The van der Waals surface area contributed by atoms with Crippen molar-refractivity contribution in [1.82, 2.24) is 14.1 Å². The summed E-state index contributed by atoms with van der Waals surface area (Å²) in [5.41, 5.74) is 4.32. The van der Waals surface area contributed by atoms with E-state index in [-0.39, 0.29) is 41.6 Å². The molecule has 2 aromatic carbocycles. The first-order chi connectivity index (χ1) is 19.0. The molecule has 3 atom stereocenters. The molecule has 10 heteroatoms. The van der Waals surface area contributed by atoms with E-state index < -0.39 is 22.1 Å². The van der Waals surface area contributed by atoms with Crippen molar-refractivity contribution in [1.29, 1.82) is 0 Å². The molecule has 3 aromatic rings. The number of sulfonamides is 1. The Bertz CT molecular complexity index is 1550. The van der Waals surface area contributed by atoms with Crippen LogP contribution in [0.5, 0.6) is 0 Å². The molecule has 0 saturated heterocycles. The fraction of sp³-hybridized carbons (Fsp3) is 0.400. The first kappa shape index (κ1) is 28.2. The molecule has 0 unspecified atom stereocenters. The van der Waals surface area contributed by atoms with E-state index in [0.717, 1.165) is 29.8 Å². The highest BCUT2D eigenvalue weighted by molar-refractivity contribution is 7.88. The van der Waals surface area contributed by atoms with E-state index in [1.54, 1.807) is 43.3 Å². The largest absolute Gasteiger partial charge is 0.465 e. The van der Waals surface area contributed by atoms with Crippen LogP contribution in [-0.4, -0.2) is 59.9 Å². The lowest BCUT2D eigenvalue weighted by Gasteiger charge is -2.38. The van der Waals surface area contributed by atoms with Gasteiger partial charge in [-0.25, -0.2) is 22.3 Å². The second-order valence-electron chi connectivity index (χ2n) is 11.0. The molecular weight excluding hydrogens is 533 g/mol. The molecule has 0 radical (unpaired) electrons. The maximum atomic E-state index is 13.7. The number of halogens is 1. The zero-order valence-corrected chi connectivity index (χ0v) is 23.7. The van der Waals surface area contributed by atoms with Crippen LogP contribution < -0.4 is 0 Å². The van der Waals surface area contributed by atoms with Crippen LogP contribution in [0.3, 0.4) is 0 Å². The smallest absolute Gasteiger partial charge is 0.338 e. The van der Waals surface area contributed by atoms with Crippen LogP contribution in [0.2, 0.25) is 0 Å². The molecule has 40 heavy (non-hydrogen) atoms. The van der Waals surface area contributed by atoms with Crippen molar-refractivity contribution in [2.75, 3.05) is 20.2 Å². The third kappa shape index (κ3) is 5.35. The molecule has 212 valence electrons. The Hall–Kier alpha value is -3.34. The summed E-state index contributed by atoms with van der Waals surface area (Å²) in [6.07, 6.45) is 5.45. The third-order valence-corrected chi connectivity index (χ3v) is 10.0. The second-order valence-corrected chi connectivity index (χ2v) is 13.0. The molecule has 1 saturated carbocycles. The number of aromatic nitrogens is 2. The van der Waals surface area contributed by atoms with Crippen LogP contribution in [-0.2, 0) is 26.9 Å². The van der Waals surface area contributed by atoms with E-state index in [0.29, 0.717) is 12.0 Å². The van der Waals surface area contributed by atoms with E-state index in [2.05, 4.69) is 18.1 Å². The number of ether oxygens (including phenoxy) is 1. The summed E-state index contributed by atoms with van der Waals surface area (Å²) < 4.78 is 49.0. The number of hydrogen-bond acceptors (Lipinski definition) is 6. The first-order valence-electron chi connectivity index (χ1n) is 13.4. The zero-order chi connectivity index (χ0) is 28.7. The quantitative estimate of drug-likeness (QED) is 0.386. The van der Waals surface area contributed by atoms with Gasteiger partial charge >= 0.3 is 5.97 Å². The highest BCUT2D eigenvalue weighted by Gasteiger charge is 2.47. The Morgan fingerprint density at radius 2 is 1.98 bits per heavy atom. The lowest BCUT2D eigenvalue weighted by atomic mass is 9.70. The summed E-state index contributed by atoms with van der Waals surface area (Å²) in [6.45, 7) is 3.96. The second kappa shape index (κ2) is 10.9. The molecule has 2 aliphatic rings. The van der Waals surface area contributed by atoms with E-state index in [9.17, 15) is 22.7 Å². The van der Waals surface area contributed by atoms with Crippen molar-refractivity contribution < 1.29 is 27.4 Å². The Morgan fingerprint density at radius 3 is 2.67 bits per heavy atom. The minimum Gasteiger partial charge on any atom is -0.465 e. The first-order valence-corrected chi connectivity index (χ1v) is 15.0. The fourth-order valence-corrected chi connectivity index (χ4v) is 7.78. The lowest BCUT2D eigenvalue weighted by Crippen LogP contribution is -2.44. The van der Waals surface area contributed by atoms with E-state index in [1.165, 1.54) is 29.1 Å². The third-order valence-electron chi connectivity index (χ3n) is 8.27. The number of hydrogen-bond donors (Lipinski definition) is 1. The van der Waals surface area contributed by atoms with Crippen LogP contribution in [0.4, 0.5) is 4.39 Å². The molecule has 5 rings (SSSR count). The molecular formula is C30H34FN3O5S. The van der Waals surface area contributed by atoms with E-state index >= 15 is 0 Å². The van der Waals surface area contributed by atoms with Crippen LogP contribution in [0.1, 0.15) is 53.9 Å². The number of methoxy groups -OCH3 is 1. The van der Waals surface area contributed by atoms with Crippen molar-refractivity contribution in [3.63, 3.8) is 0 Å². The number of nitrogens with zero attached hydrogens (tertiary/aromatic N) is 3. The van der Waals surface area contributed by atoms with Crippen LogP contribution in [0, 0.1) is 17.2 Å². The molecule has 8 nitrogen and oxygen atoms in total. The maximum Gasteiger partial charge on any atom is 0.338 e. The van der Waals surface area contributed by atoms with Crippen molar-refractivity contribution in [2.24, 2.45) is 11.3 Å².